The zero-order chi connectivity index (χ0) is 11.8. The molecule has 0 saturated carbocycles. The second-order valence-electron chi connectivity index (χ2n) is 5.04. The average molecular weight is 213 g/mol. The van der Waals surface area contributed by atoms with E-state index in [9.17, 15) is 0 Å². The van der Waals surface area contributed by atoms with Crippen molar-refractivity contribution in [2.45, 2.75) is 59.4 Å². The van der Waals surface area contributed by atoms with Gasteiger partial charge in [-0.3, -0.25) is 4.99 Å². The van der Waals surface area contributed by atoms with Crippen LogP contribution in [0.15, 0.2) is 4.99 Å². The maximum absolute atomic E-state index is 5.41. The Bertz CT molecular complexity index is 181. The molecule has 0 aliphatic carbocycles. The molecule has 3 heteroatoms. The highest BCUT2D eigenvalue weighted by molar-refractivity contribution is 5.75. The van der Waals surface area contributed by atoms with Crippen molar-refractivity contribution in [3.63, 3.8) is 0 Å². The van der Waals surface area contributed by atoms with Crippen LogP contribution in [0.1, 0.15) is 53.4 Å². The predicted octanol–water partition coefficient (Wildman–Crippen LogP) is 2.50. The first-order chi connectivity index (χ1) is 6.93. The lowest BCUT2D eigenvalue weighted by atomic mass is 9.97. The molecular weight excluding hydrogens is 186 g/mol. The van der Waals surface area contributed by atoms with Crippen LogP contribution in [0.2, 0.25) is 0 Å². The molecule has 0 bridgehead atoms. The molecular formula is C12H27N3. The summed E-state index contributed by atoms with van der Waals surface area (Å²) in [4.78, 5) is 4.27. The number of aliphatic imine (C=N–C) groups is 1. The number of nitrogens with zero attached hydrogens (tertiary/aromatic N) is 1. The minimum Gasteiger partial charge on any atom is -0.370 e. The quantitative estimate of drug-likeness (QED) is 0.388. The molecule has 0 unspecified atom stereocenters. The Hall–Kier alpha value is -0.730. The topological polar surface area (TPSA) is 64.4 Å². The van der Waals surface area contributed by atoms with Crippen LogP contribution in [0.25, 0.3) is 0 Å². The fourth-order valence-electron chi connectivity index (χ4n) is 1.64. The van der Waals surface area contributed by atoms with E-state index >= 15 is 0 Å². The smallest absolute Gasteiger partial charge is 0.186 e. The van der Waals surface area contributed by atoms with Crippen LogP contribution in [0.5, 0.6) is 0 Å². The molecule has 0 rings (SSSR count). The Morgan fingerprint density at radius 3 is 1.93 bits per heavy atom. The van der Waals surface area contributed by atoms with Crippen LogP contribution in [-0.2, 0) is 0 Å². The molecule has 90 valence electrons. The van der Waals surface area contributed by atoms with Gasteiger partial charge in [0.25, 0.3) is 0 Å². The number of hydrogen-bond donors (Lipinski definition) is 2. The summed E-state index contributed by atoms with van der Waals surface area (Å²) in [5, 5.41) is 0. The summed E-state index contributed by atoms with van der Waals surface area (Å²) in [7, 11) is 0. The molecule has 0 aromatic carbocycles. The summed E-state index contributed by atoms with van der Waals surface area (Å²) in [6.45, 7) is 8.85. The first kappa shape index (κ1) is 14.3. The number of rotatable bonds is 7. The lowest BCUT2D eigenvalue weighted by Gasteiger charge is -2.16. The maximum atomic E-state index is 5.41. The van der Waals surface area contributed by atoms with Gasteiger partial charge < -0.3 is 11.5 Å². The van der Waals surface area contributed by atoms with Gasteiger partial charge in [0.15, 0.2) is 5.96 Å². The van der Waals surface area contributed by atoms with Crippen LogP contribution in [0.4, 0.5) is 0 Å². The van der Waals surface area contributed by atoms with Gasteiger partial charge in [0.05, 0.1) is 6.04 Å². The van der Waals surface area contributed by atoms with Gasteiger partial charge >= 0.3 is 0 Å². The van der Waals surface area contributed by atoms with Gasteiger partial charge in [-0.25, -0.2) is 0 Å². The van der Waals surface area contributed by atoms with E-state index in [-0.39, 0.29) is 5.96 Å². The molecule has 0 aliphatic heterocycles. The second kappa shape index (κ2) is 7.55. The minimum atomic E-state index is 0.220. The lowest BCUT2D eigenvalue weighted by molar-refractivity contribution is 0.431. The van der Waals surface area contributed by atoms with Crippen molar-refractivity contribution < 1.29 is 0 Å². The third kappa shape index (κ3) is 8.28. The first-order valence-corrected chi connectivity index (χ1v) is 6.02. The molecule has 0 aromatic heterocycles. The van der Waals surface area contributed by atoms with E-state index in [2.05, 4.69) is 32.7 Å². The van der Waals surface area contributed by atoms with Crippen LogP contribution in [0.3, 0.4) is 0 Å². The summed E-state index contributed by atoms with van der Waals surface area (Å²) in [5.74, 6) is 1.54. The standard InChI is InChI=1S/C12H27N3/c1-9(2)7-5-6-8-11(10(3)4)15-12(13)14/h9-11H,5-8H2,1-4H3,(H4,13,14,15)/t11-/m0/s1. The largest absolute Gasteiger partial charge is 0.370 e. The summed E-state index contributed by atoms with van der Waals surface area (Å²) >= 11 is 0. The van der Waals surface area contributed by atoms with Gasteiger partial charge in [-0.05, 0) is 18.3 Å². The number of hydrogen-bond acceptors (Lipinski definition) is 1. The van der Waals surface area contributed by atoms with E-state index < -0.39 is 0 Å². The Balaban J connectivity index is 3.83. The van der Waals surface area contributed by atoms with E-state index in [1.807, 2.05) is 0 Å². The summed E-state index contributed by atoms with van der Waals surface area (Å²) in [6.07, 6.45) is 4.90. The highest BCUT2D eigenvalue weighted by Crippen LogP contribution is 2.16. The highest BCUT2D eigenvalue weighted by Gasteiger charge is 2.11. The summed E-state index contributed by atoms with van der Waals surface area (Å²) < 4.78 is 0. The highest BCUT2D eigenvalue weighted by atomic mass is 15.0. The predicted molar refractivity (Wildman–Crippen MR) is 67.7 cm³/mol. The molecule has 1 atom stereocenters. The Labute approximate surface area is 94.3 Å². The minimum absolute atomic E-state index is 0.220. The molecule has 0 saturated heterocycles. The molecule has 0 fully saturated rings. The number of unbranched alkanes of at least 4 members (excludes halogenated alkanes) is 1. The van der Waals surface area contributed by atoms with Gasteiger partial charge in [-0.1, -0.05) is 47.0 Å². The van der Waals surface area contributed by atoms with E-state index in [1.54, 1.807) is 0 Å². The summed E-state index contributed by atoms with van der Waals surface area (Å²) in [6, 6.07) is 0.294. The Morgan fingerprint density at radius 2 is 1.53 bits per heavy atom. The normalized spacial score (nSPS) is 13.2. The molecule has 0 spiro atoms. The zero-order valence-electron chi connectivity index (χ0n) is 10.7. The lowest BCUT2D eigenvalue weighted by Crippen LogP contribution is -2.27. The molecule has 0 aromatic rings. The van der Waals surface area contributed by atoms with Crippen molar-refractivity contribution in [2.24, 2.45) is 28.3 Å². The first-order valence-electron chi connectivity index (χ1n) is 6.02. The molecule has 3 nitrogen and oxygen atoms in total. The molecule has 0 aliphatic rings. The zero-order valence-corrected chi connectivity index (χ0v) is 10.7. The van der Waals surface area contributed by atoms with E-state index in [0.717, 1.165) is 12.3 Å². The molecule has 0 heterocycles. The van der Waals surface area contributed by atoms with E-state index in [4.69, 9.17) is 11.5 Å². The van der Waals surface area contributed by atoms with Crippen LogP contribution in [-0.4, -0.2) is 12.0 Å². The number of nitrogens with two attached hydrogens (primary N) is 2. The van der Waals surface area contributed by atoms with Gasteiger partial charge in [-0.2, -0.15) is 0 Å². The van der Waals surface area contributed by atoms with Crippen molar-refractivity contribution >= 4 is 5.96 Å². The van der Waals surface area contributed by atoms with Gasteiger partial charge in [0.1, 0.15) is 0 Å². The third-order valence-corrected chi connectivity index (χ3v) is 2.62. The van der Waals surface area contributed by atoms with Gasteiger partial charge in [0, 0.05) is 0 Å². The van der Waals surface area contributed by atoms with Crippen LogP contribution in [0, 0.1) is 11.8 Å². The SMILES string of the molecule is CC(C)CCCC[C@H](N=C(N)N)C(C)C. The van der Waals surface area contributed by atoms with Crippen molar-refractivity contribution in [3.05, 3.63) is 0 Å². The molecule has 0 amide bonds. The van der Waals surface area contributed by atoms with Crippen molar-refractivity contribution in [1.29, 1.82) is 0 Å². The van der Waals surface area contributed by atoms with Crippen LogP contribution < -0.4 is 11.5 Å². The van der Waals surface area contributed by atoms with Gasteiger partial charge in [0.2, 0.25) is 0 Å². The molecule has 15 heavy (non-hydrogen) atoms. The third-order valence-electron chi connectivity index (χ3n) is 2.62. The number of guanidine groups is 1. The molecule has 4 N–H and O–H groups in total. The van der Waals surface area contributed by atoms with E-state index in [0.29, 0.717) is 12.0 Å². The maximum Gasteiger partial charge on any atom is 0.186 e. The van der Waals surface area contributed by atoms with E-state index in [1.165, 1.54) is 19.3 Å². The van der Waals surface area contributed by atoms with Gasteiger partial charge in [-0.15, -0.1) is 0 Å². The van der Waals surface area contributed by atoms with Crippen molar-refractivity contribution in [1.82, 2.24) is 0 Å². The second-order valence-corrected chi connectivity index (χ2v) is 5.04. The summed E-state index contributed by atoms with van der Waals surface area (Å²) in [5.41, 5.74) is 10.8. The van der Waals surface area contributed by atoms with Crippen LogP contribution >= 0.6 is 0 Å². The average Bonchev–Trinajstić information content (AvgIpc) is 2.08. The van der Waals surface area contributed by atoms with Crippen molar-refractivity contribution in [3.8, 4) is 0 Å². The Morgan fingerprint density at radius 1 is 1.00 bits per heavy atom. The molecule has 0 radical (unpaired) electrons. The Kier molecular flexibility index (Phi) is 7.18. The monoisotopic (exact) mass is 213 g/mol. The van der Waals surface area contributed by atoms with Crippen molar-refractivity contribution in [2.75, 3.05) is 0 Å². The fourth-order valence-corrected chi connectivity index (χ4v) is 1.64. The fraction of sp³-hybridized carbons (Fsp3) is 0.917.